The Labute approximate surface area is 171 Å². The SMILES string of the molecule is CC1=CC(=O)O[C@@H](CSc2nc(-c3ccc(F)cc3)c(-c3ccc(F)cc3)[nH]2)C1. The third-order valence-corrected chi connectivity index (χ3v) is 5.54. The second kappa shape index (κ2) is 8.21. The van der Waals surface area contributed by atoms with E-state index < -0.39 is 0 Å². The number of halogens is 2. The molecule has 148 valence electrons. The maximum atomic E-state index is 13.3. The van der Waals surface area contributed by atoms with Gasteiger partial charge in [-0.15, -0.1) is 0 Å². The van der Waals surface area contributed by atoms with Crippen molar-refractivity contribution in [2.45, 2.75) is 24.6 Å². The molecule has 0 saturated carbocycles. The minimum absolute atomic E-state index is 0.217. The van der Waals surface area contributed by atoms with E-state index in [-0.39, 0.29) is 23.7 Å². The number of carbonyl (C=O) groups is 1. The van der Waals surface area contributed by atoms with Gasteiger partial charge in [0.1, 0.15) is 17.7 Å². The standard InChI is InChI=1S/C22H18F2N2O2S/c1-13-10-18(28-19(27)11-13)12-29-22-25-20(14-2-6-16(23)7-3-14)21(26-22)15-4-8-17(24)9-5-15/h2-9,11,18H,10,12H2,1H3,(H,25,26)/t18-/m1/s1. The molecule has 0 unspecified atom stereocenters. The Hall–Kier alpha value is -2.93. The summed E-state index contributed by atoms with van der Waals surface area (Å²) in [5.41, 5.74) is 3.88. The number of ether oxygens (including phenoxy) is 1. The van der Waals surface area contributed by atoms with E-state index in [1.807, 2.05) is 6.92 Å². The number of H-pyrrole nitrogens is 1. The van der Waals surface area contributed by atoms with Crippen LogP contribution in [0.3, 0.4) is 0 Å². The van der Waals surface area contributed by atoms with Crippen LogP contribution >= 0.6 is 11.8 Å². The number of benzene rings is 2. The van der Waals surface area contributed by atoms with Crippen molar-refractivity contribution in [2.24, 2.45) is 0 Å². The van der Waals surface area contributed by atoms with Crippen LogP contribution in [0.25, 0.3) is 22.5 Å². The molecule has 1 aromatic heterocycles. The smallest absolute Gasteiger partial charge is 0.331 e. The Kier molecular flexibility index (Phi) is 5.49. The number of rotatable bonds is 5. The number of hydrogen-bond acceptors (Lipinski definition) is 4. The summed E-state index contributed by atoms with van der Waals surface area (Å²) in [6.45, 7) is 1.91. The number of nitrogens with one attached hydrogen (secondary N) is 1. The molecule has 7 heteroatoms. The number of hydrogen-bond donors (Lipinski definition) is 1. The van der Waals surface area contributed by atoms with Crippen LogP contribution in [0.5, 0.6) is 0 Å². The molecule has 0 radical (unpaired) electrons. The van der Waals surface area contributed by atoms with Crippen molar-refractivity contribution in [3.05, 3.63) is 71.8 Å². The number of aromatic nitrogens is 2. The molecule has 2 heterocycles. The Morgan fingerprint density at radius 3 is 2.31 bits per heavy atom. The summed E-state index contributed by atoms with van der Waals surface area (Å²) >= 11 is 1.44. The van der Waals surface area contributed by atoms with Gasteiger partial charge in [0.15, 0.2) is 5.16 Å². The van der Waals surface area contributed by atoms with E-state index in [1.54, 1.807) is 24.3 Å². The van der Waals surface area contributed by atoms with Gasteiger partial charge >= 0.3 is 5.97 Å². The molecular formula is C22H18F2N2O2S. The van der Waals surface area contributed by atoms with Gasteiger partial charge in [0.25, 0.3) is 0 Å². The van der Waals surface area contributed by atoms with Crippen LogP contribution in [0.1, 0.15) is 13.3 Å². The van der Waals surface area contributed by atoms with E-state index in [2.05, 4.69) is 9.97 Å². The quantitative estimate of drug-likeness (QED) is 0.452. The first-order chi connectivity index (χ1) is 14.0. The molecule has 2 aromatic carbocycles. The van der Waals surface area contributed by atoms with Crippen molar-refractivity contribution in [1.82, 2.24) is 9.97 Å². The number of thioether (sulfide) groups is 1. The summed E-state index contributed by atoms with van der Waals surface area (Å²) < 4.78 is 32.0. The van der Waals surface area contributed by atoms with Gasteiger partial charge in [0.2, 0.25) is 0 Å². The number of imidazole rings is 1. The van der Waals surface area contributed by atoms with E-state index in [4.69, 9.17) is 4.74 Å². The lowest BCUT2D eigenvalue weighted by Gasteiger charge is -2.20. The normalized spacial score (nSPS) is 16.4. The average Bonchev–Trinajstić information content (AvgIpc) is 3.11. The van der Waals surface area contributed by atoms with E-state index in [0.717, 1.165) is 22.4 Å². The van der Waals surface area contributed by atoms with Gasteiger partial charge in [-0.3, -0.25) is 0 Å². The topological polar surface area (TPSA) is 55.0 Å². The minimum Gasteiger partial charge on any atom is -0.458 e. The number of cyclic esters (lactones) is 1. The largest absolute Gasteiger partial charge is 0.458 e. The van der Waals surface area contributed by atoms with Crippen LogP contribution in [0, 0.1) is 11.6 Å². The van der Waals surface area contributed by atoms with Crippen LogP contribution in [0.2, 0.25) is 0 Å². The fourth-order valence-corrected chi connectivity index (χ4v) is 4.05. The summed E-state index contributed by atoms with van der Waals surface area (Å²) in [6.07, 6.45) is 1.98. The summed E-state index contributed by atoms with van der Waals surface area (Å²) in [7, 11) is 0. The summed E-state index contributed by atoms with van der Waals surface area (Å²) in [5.74, 6) is -0.424. The maximum Gasteiger partial charge on any atom is 0.331 e. The zero-order valence-electron chi connectivity index (χ0n) is 15.6. The molecule has 4 nitrogen and oxygen atoms in total. The van der Waals surface area contributed by atoms with Crippen LogP contribution < -0.4 is 0 Å². The van der Waals surface area contributed by atoms with Crippen molar-refractivity contribution in [2.75, 3.05) is 5.75 Å². The first-order valence-electron chi connectivity index (χ1n) is 9.10. The first kappa shape index (κ1) is 19.4. The Morgan fingerprint density at radius 2 is 1.69 bits per heavy atom. The molecule has 0 amide bonds. The molecule has 3 aromatic rings. The number of carbonyl (C=O) groups excluding carboxylic acids is 1. The summed E-state index contributed by atoms with van der Waals surface area (Å²) in [5, 5.41) is 0.645. The Bertz CT molecular complexity index is 996. The maximum absolute atomic E-state index is 13.3. The lowest BCUT2D eigenvalue weighted by molar-refractivity contribution is -0.143. The van der Waals surface area contributed by atoms with Gasteiger partial charge in [-0.05, 0) is 55.5 Å². The molecule has 1 aliphatic rings. The molecule has 0 saturated heterocycles. The molecule has 4 rings (SSSR count). The van der Waals surface area contributed by atoms with Crippen LogP contribution in [0.15, 0.2) is 65.3 Å². The van der Waals surface area contributed by atoms with Crippen LogP contribution in [-0.2, 0) is 9.53 Å². The van der Waals surface area contributed by atoms with Crippen molar-refractivity contribution >= 4 is 17.7 Å². The van der Waals surface area contributed by atoms with Gasteiger partial charge in [0, 0.05) is 29.4 Å². The molecule has 0 aliphatic carbocycles. The third-order valence-electron chi connectivity index (χ3n) is 4.54. The molecule has 1 N–H and O–H groups in total. The lowest BCUT2D eigenvalue weighted by Crippen LogP contribution is -2.24. The van der Waals surface area contributed by atoms with E-state index >= 15 is 0 Å². The highest BCUT2D eigenvalue weighted by Gasteiger charge is 2.21. The number of nitrogens with zero attached hydrogens (tertiary/aromatic N) is 1. The zero-order chi connectivity index (χ0) is 20.4. The van der Waals surface area contributed by atoms with Gasteiger partial charge in [0.05, 0.1) is 11.4 Å². The second-order valence-electron chi connectivity index (χ2n) is 6.84. The molecule has 1 aliphatic heterocycles. The second-order valence-corrected chi connectivity index (χ2v) is 7.85. The highest BCUT2D eigenvalue weighted by Crippen LogP contribution is 2.33. The lowest BCUT2D eigenvalue weighted by atomic mass is 10.1. The van der Waals surface area contributed by atoms with Gasteiger partial charge in [-0.25, -0.2) is 18.6 Å². The van der Waals surface area contributed by atoms with Gasteiger partial charge in [-0.2, -0.15) is 0 Å². The monoisotopic (exact) mass is 412 g/mol. The first-order valence-corrected chi connectivity index (χ1v) is 10.1. The van der Waals surface area contributed by atoms with Crippen molar-refractivity contribution in [1.29, 1.82) is 0 Å². The van der Waals surface area contributed by atoms with Crippen LogP contribution in [-0.4, -0.2) is 27.8 Å². The predicted molar refractivity (Wildman–Crippen MR) is 108 cm³/mol. The van der Waals surface area contributed by atoms with E-state index in [0.29, 0.717) is 23.0 Å². The average molecular weight is 412 g/mol. The molecule has 1 atom stereocenters. The fraction of sp³-hybridized carbons (Fsp3) is 0.182. The number of esters is 1. The third kappa shape index (κ3) is 4.56. The highest BCUT2D eigenvalue weighted by atomic mass is 32.2. The molecule has 0 bridgehead atoms. The Balaban J connectivity index is 1.62. The van der Waals surface area contributed by atoms with Crippen molar-refractivity contribution in [3.63, 3.8) is 0 Å². The van der Waals surface area contributed by atoms with Gasteiger partial charge < -0.3 is 9.72 Å². The molecule has 29 heavy (non-hydrogen) atoms. The molecular weight excluding hydrogens is 394 g/mol. The Morgan fingerprint density at radius 1 is 1.07 bits per heavy atom. The minimum atomic E-state index is -0.329. The summed E-state index contributed by atoms with van der Waals surface area (Å²) in [6, 6.07) is 12.2. The zero-order valence-corrected chi connectivity index (χ0v) is 16.4. The molecule has 0 spiro atoms. The van der Waals surface area contributed by atoms with Gasteiger partial charge in [-0.1, -0.05) is 17.3 Å². The summed E-state index contributed by atoms with van der Waals surface area (Å²) in [4.78, 5) is 19.5. The highest BCUT2D eigenvalue weighted by molar-refractivity contribution is 7.99. The van der Waals surface area contributed by atoms with Crippen LogP contribution in [0.4, 0.5) is 8.78 Å². The number of aromatic amines is 1. The van der Waals surface area contributed by atoms with Crippen molar-refractivity contribution < 1.29 is 18.3 Å². The van der Waals surface area contributed by atoms with E-state index in [1.165, 1.54) is 42.1 Å². The van der Waals surface area contributed by atoms with E-state index in [9.17, 15) is 13.6 Å². The van der Waals surface area contributed by atoms with Crippen molar-refractivity contribution in [3.8, 4) is 22.5 Å². The molecule has 0 fully saturated rings. The predicted octanol–water partition coefficient (Wildman–Crippen LogP) is 5.38. The fourth-order valence-electron chi connectivity index (χ4n) is 3.19.